The van der Waals surface area contributed by atoms with Crippen molar-refractivity contribution in [3.63, 3.8) is 0 Å². The molecule has 0 saturated carbocycles. The van der Waals surface area contributed by atoms with Crippen LogP contribution in [0, 0.1) is 52.3 Å². The van der Waals surface area contributed by atoms with Crippen LogP contribution in [0.5, 0.6) is 5.75 Å². The Balaban J connectivity index is 0.000000456. The first kappa shape index (κ1) is 71.6. The number of aliphatic hydroxyl groups excluding tert-OH is 1. The normalized spacial score (nSPS) is 43.0. The number of nitriles is 2. The number of benzene rings is 1. The van der Waals surface area contributed by atoms with Gasteiger partial charge in [0.25, 0.3) is 0 Å². The number of methoxy groups -OCH3 is 4. The van der Waals surface area contributed by atoms with E-state index in [1.807, 2.05) is 100 Å². The van der Waals surface area contributed by atoms with Crippen molar-refractivity contribution in [1.29, 1.82) is 10.5 Å². The molecule has 7 aliphatic heterocycles. The highest BCUT2D eigenvalue weighted by Crippen LogP contribution is 2.55. The minimum atomic E-state index is -2.09. The maximum absolute atomic E-state index is 11.8. The molecule has 1 spiro atoms. The molecule has 7 saturated heterocycles. The van der Waals surface area contributed by atoms with Gasteiger partial charge in [0.1, 0.15) is 41.8 Å². The van der Waals surface area contributed by atoms with Gasteiger partial charge in [-0.15, -0.1) is 0 Å². The third-order valence-corrected chi connectivity index (χ3v) is 20.1. The molecule has 24 atom stereocenters. The fraction of sp³-hybridized carbons (Fsp3) is 0.831. The highest BCUT2D eigenvalue weighted by Gasteiger charge is 2.64. The summed E-state index contributed by atoms with van der Waals surface area (Å²) in [5.74, 6) is -7.29. The molecule has 1 aromatic carbocycles. The number of quaternary nitrogens is 1. The number of aliphatic carboxylic acids is 1. The largest absolute Gasteiger partial charge is 0.550 e. The van der Waals surface area contributed by atoms with Crippen LogP contribution >= 0.6 is 0 Å². The minimum absolute atomic E-state index is 0. The zero-order valence-corrected chi connectivity index (χ0v) is 55.0. The van der Waals surface area contributed by atoms with Gasteiger partial charge in [-0.1, -0.05) is 76.2 Å². The molecule has 86 heavy (non-hydrogen) atoms. The number of rotatable bonds is 14. The number of carbonyl (C=O) groups excluding carboxylic acids is 1. The average Bonchev–Trinajstić information content (AvgIpc) is 1.54. The Bertz CT molecular complexity index is 2540. The molecule has 7 fully saturated rings. The molecule has 7 heterocycles. The van der Waals surface area contributed by atoms with Crippen LogP contribution in [0.4, 0.5) is 0 Å². The van der Waals surface area contributed by atoms with Gasteiger partial charge in [0.2, 0.25) is 0 Å². The maximum Gasteiger partial charge on any atom is 0.176 e. The van der Waals surface area contributed by atoms with Gasteiger partial charge >= 0.3 is 0 Å². The van der Waals surface area contributed by atoms with Crippen molar-refractivity contribution in [3.05, 3.63) is 34.4 Å². The summed E-state index contributed by atoms with van der Waals surface area (Å²) >= 11 is 0. The first-order chi connectivity index (χ1) is 39.5. The van der Waals surface area contributed by atoms with Crippen LogP contribution in [-0.2, 0) is 72.5 Å². The second kappa shape index (κ2) is 27.2. The van der Waals surface area contributed by atoms with Crippen LogP contribution in [0.2, 0.25) is 0 Å². The third kappa shape index (κ3) is 14.8. The monoisotopic (exact) mass is 1220 g/mol. The van der Waals surface area contributed by atoms with Crippen molar-refractivity contribution in [2.24, 2.45) is 29.6 Å². The Kier molecular flexibility index (Phi) is 22.6. The smallest absolute Gasteiger partial charge is 0.176 e. The standard InChI is InChI=1S/C47H80O17.C18H22N2O.H3N/c1-23-18-24(2)45(9,51)61-36(23)31-19-32(58-35-20-30(53-10)40(55-12)28(6)57-35)42(59-31)44(8)15-14-33(60-44)43(7)16-17-46(64-43)21-29(48)25(3)37(62-46)26(4)38-41(56-13)39(54-11)27(5)47(52,63-38)22-34(49)50;1-17(2,3)14-8-12(7-13(10-19)11-20)9-15(16(14)21)18(4,5)6;/h23-33,35-42,48,51-52H,14-22H2,1-13H3,(H,49,50);7-9,21H,1-6H3;1H3/t23-,24+,25+,26+,27-,28-,29-,30-,31+,32-,33+,35+,36-,37-,38-,39-,40-,41-,42+,43-,44-,45-,46+,47+;;/m0../s1. The van der Waals surface area contributed by atoms with E-state index < -0.39 is 102 Å². The quantitative estimate of drug-likeness (QED) is 0.111. The van der Waals surface area contributed by atoms with Crippen molar-refractivity contribution in [1.82, 2.24) is 6.15 Å². The van der Waals surface area contributed by atoms with Crippen LogP contribution < -0.4 is 11.3 Å². The van der Waals surface area contributed by atoms with Gasteiger partial charge in [-0.3, -0.25) is 0 Å². The number of hydrogen-bond donors (Lipinski definition) is 5. The number of phenols is 1. The molecule has 0 aliphatic carbocycles. The fourth-order valence-corrected chi connectivity index (χ4v) is 14.8. The highest BCUT2D eigenvalue weighted by molar-refractivity contribution is 5.66. The lowest BCUT2D eigenvalue weighted by atomic mass is 9.75. The Morgan fingerprint density at radius 3 is 1.94 bits per heavy atom. The van der Waals surface area contributed by atoms with E-state index in [0.29, 0.717) is 44.3 Å². The first-order valence-corrected chi connectivity index (χ1v) is 30.7. The van der Waals surface area contributed by atoms with Crippen LogP contribution in [0.15, 0.2) is 17.7 Å². The molecule has 0 radical (unpaired) electrons. The molecule has 8 N–H and O–H groups in total. The van der Waals surface area contributed by atoms with Crippen LogP contribution in [0.25, 0.3) is 6.08 Å². The van der Waals surface area contributed by atoms with Gasteiger partial charge in [0, 0.05) is 101 Å². The van der Waals surface area contributed by atoms with E-state index in [1.54, 1.807) is 34.1 Å². The summed E-state index contributed by atoms with van der Waals surface area (Å²) in [6.07, 6.45) is -1.90. The van der Waals surface area contributed by atoms with Gasteiger partial charge in [0.05, 0.1) is 72.2 Å². The Morgan fingerprint density at radius 1 is 0.791 bits per heavy atom. The Hall–Kier alpha value is -3.43. The molecule has 0 amide bonds. The van der Waals surface area contributed by atoms with E-state index in [0.717, 1.165) is 23.1 Å². The number of phenolic OH excluding ortho intramolecular Hbond substituents is 1. The molecule has 21 heteroatoms. The zero-order valence-electron chi connectivity index (χ0n) is 55.0. The van der Waals surface area contributed by atoms with Gasteiger partial charge in [-0.2, -0.15) is 10.5 Å². The van der Waals surface area contributed by atoms with Crippen molar-refractivity contribution >= 4 is 12.0 Å². The molecule has 488 valence electrons. The molecular formula is C65H105N3O18. The summed E-state index contributed by atoms with van der Waals surface area (Å²) in [6.45, 7) is 29.6. The molecule has 0 bridgehead atoms. The van der Waals surface area contributed by atoms with Crippen LogP contribution in [0.1, 0.15) is 178 Å². The van der Waals surface area contributed by atoms with E-state index in [9.17, 15) is 30.3 Å². The number of aliphatic hydroxyl groups is 3. The Morgan fingerprint density at radius 2 is 1.40 bits per heavy atom. The fourth-order valence-electron chi connectivity index (χ4n) is 14.8. The topological polar surface area (TPSA) is 316 Å². The first-order valence-electron chi connectivity index (χ1n) is 30.7. The lowest BCUT2D eigenvalue weighted by Gasteiger charge is -2.54. The molecular weight excluding hydrogens is 1110 g/mol. The third-order valence-electron chi connectivity index (χ3n) is 20.1. The molecule has 0 unspecified atom stereocenters. The number of ether oxygens (including phenoxy) is 12. The van der Waals surface area contributed by atoms with Crippen molar-refractivity contribution in [2.75, 3.05) is 28.4 Å². The van der Waals surface area contributed by atoms with Crippen LogP contribution in [-0.4, -0.2) is 169 Å². The average molecular weight is 1220 g/mol. The van der Waals surface area contributed by atoms with E-state index >= 15 is 0 Å². The molecule has 7 aliphatic rings. The highest BCUT2D eigenvalue weighted by atomic mass is 16.7. The summed E-state index contributed by atoms with van der Waals surface area (Å²) in [6, 6.07) is 7.43. The second-order valence-electron chi connectivity index (χ2n) is 28.5. The predicted octanol–water partition coefficient (Wildman–Crippen LogP) is 7.78. The van der Waals surface area contributed by atoms with Crippen LogP contribution in [0.3, 0.4) is 0 Å². The summed E-state index contributed by atoms with van der Waals surface area (Å²) in [5.41, 5.74) is 0.384. The van der Waals surface area contributed by atoms with Crippen molar-refractivity contribution in [3.8, 4) is 17.9 Å². The number of nitrogens with zero attached hydrogens (tertiary/aromatic N) is 2. The number of carbonyl (C=O) groups is 1. The lowest BCUT2D eigenvalue weighted by Crippen LogP contribution is -2.66. The van der Waals surface area contributed by atoms with E-state index in [4.69, 9.17) is 67.4 Å². The molecule has 21 nitrogen and oxygen atoms in total. The maximum atomic E-state index is 11.8. The predicted molar refractivity (Wildman–Crippen MR) is 316 cm³/mol. The van der Waals surface area contributed by atoms with Gasteiger partial charge < -0.3 is 93.3 Å². The molecule has 0 aromatic heterocycles. The summed E-state index contributed by atoms with van der Waals surface area (Å²) in [5, 5.41) is 74.8. The summed E-state index contributed by atoms with van der Waals surface area (Å²) in [4.78, 5) is 11.8. The number of carboxylic acid groups (broad SMARTS) is 1. The molecule has 8 rings (SSSR count). The number of carboxylic acids is 1. The van der Waals surface area contributed by atoms with Gasteiger partial charge in [0.15, 0.2) is 23.7 Å². The number of allylic oxidation sites excluding steroid dienone is 1. The van der Waals surface area contributed by atoms with E-state index in [-0.39, 0.29) is 83.4 Å². The lowest BCUT2D eigenvalue weighted by molar-refractivity contribution is -0.373. The summed E-state index contributed by atoms with van der Waals surface area (Å²) < 4.78 is 77.5. The Labute approximate surface area is 511 Å². The number of hydrogen-bond acceptors (Lipinski definition) is 20. The zero-order chi connectivity index (χ0) is 63.3. The van der Waals surface area contributed by atoms with Crippen molar-refractivity contribution in [2.45, 2.75) is 287 Å². The van der Waals surface area contributed by atoms with Gasteiger partial charge in [-0.05, 0) is 93.9 Å². The molecule has 1 aromatic rings. The van der Waals surface area contributed by atoms with Crippen molar-refractivity contribution < 1.29 is 87.2 Å². The minimum Gasteiger partial charge on any atom is -0.550 e. The second-order valence-corrected chi connectivity index (χ2v) is 28.5. The summed E-state index contributed by atoms with van der Waals surface area (Å²) in [7, 11) is 6.34. The van der Waals surface area contributed by atoms with Gasteiger partial charge in [-0.25, -0.2) is 0 Å². The SMILES string of the molecule is CC(C)(C)c1cc(C=C(C#N)C#N)cc(C(C)(C)C)c1O.CO[C@@H]1[C@@H](OC)[C@H](C)[C@@](O)(CC(=O)[O-])O[C@H]1[C@H](C)[C@H]1O[C@@]2(CC[C@@](C)([C@H]3CC[C@@](C)([C@@H]4O[C@@H]([C@H]5O[C@](C)(O)[C@H](C)C[C@@H]5C)C[C@@H]4O[C@@H]4C[C@H](OC)[C@@H](OC)[C@H](C)O4)O3)O2)C[C@H](O)[C@H]1C.[NH4+]. The number of aromatic hydroxyl groups is 1. The van der Waals surface area contributed by atoms with E-state index in [1.165, 1.54) is 14.2 Å². The van der Waals surface area contributed by atoms with E-state index in [2.05, 4.69) is 13.8 Å².